The van der Waals surface area contributed by atoms with Crippen LogP contribution in [0.5, 0.6) is 0 Å². The van der Waals surface area contributed by atoms with E-state index in [4.69, 9.17) is 0 Å². The number of sulfonamides is 1. The molecule has 1 atom stereocenters. The molecule has 0 heterocycles. The molecule has 4 nitrogen and oxygen atoms in total. The number of hydrogen-bond donors (Lipinski definition) is 2. The van der Waals surface area contributed by atoms with E-state index in [0.717, 1.165) is 25.8 Å². The third kappa shape index (κ3) is 4.71. The third-order valence-corrected chi connectivity index (χ3v) is 5.45. The summed E-state index contributed by atoms with van der Waals surface area (Å²) in [5.74, 6) is 0.714. The molecule has 1 aliphatic carbocycles. The molecule has 0 bridgehead atoms. The largest absolute Gasteiger partial charge is 0.384 e. The Morgan fingerprint density at radius 2 is 1.95 bits per heavy atom. The van der Waals surface area contributed by atoms with Gasteiger partial charge in [0.05, 0.1) is 5.69 Å². The van der Waals surface area contributed by atoms with Gasteiger partial charge in [0.2, 0.25) is 10.0 Å². The second-order valence-electron chi connectivity index (χ2n) is 5.83. The van der Waals surface area contributed by atoms with Crippen molar-refractivity contribution >= 4 is 15.7 Å². The molecular formula is C16H26N2O2S. The Kier molecular flexibility index (Phi) is 5.65. The average Bonchev–Trinajstić information content (AvgIpc) is 3.28. The minimum Gasteiger partial charge on any atom is -0.384 e. The van der Waals surface area contributed by atoms with Crippen LogP contribution in [0.25, 0.3) is 0 Å². The van der Waals surface area contributed by atoms with E-state index >= 15 is 0 Å². The van der Waals surface area contributed by atoms with Crippen molar-refractivity contribution < 1.29 is 8.42 Å². The molecule has 1 aliphatic rings. The number of hydrogen-bond acceptors (Lipinski definition) is 3. The molecule has 0 aromatic heterocycles. The Balaban J connectivity index is 2.13. The number of rotatable bonds is 9. The first kappa shape index (κ1) is 16.3. The minimum absolute atomic E-state index is 0.0433. The fraction of sp³-hybridized carbons (Fsp3) is 0.625. The van der Waals surface area contributed by atoms with E-state index in [1.54, 1.807) is 12.1 Å². The van der Waals surface area contributed by atoms with Crippen LogP contribution in [0, 0.1) is 5.92 Å². The topological polar surface area (TPSA) is 58.2 Å². The lowest BCUT2D eigenvalue weighted by Crippen LogP contribution is -2.35. The van der Waals surface area contributed by atoms with E-state index in [0.29, 0.717) is 16.5 Å². The second kappa shape index (κ2) is 7.27. The van der Waals surface area contributed by atoms with Gasteiger partial charge >= 0.3 is 0 Å². The van der Waals surface area contributed by atoms with Crippen molar-refractivity contribution in [1.82, 2.24) is 4.72 Å². The molecule has 0 spiro atoms. The number of para-hydroxylation sites is 1. The molecule has 1 fully saturated rings. The third-order valence-electron chi connectivity index (χ3n) is 3.87. The van der Waals surface area contributed by atoms with Crippen molar-refractivity contribution in [2.75, 3.05) is 11.9 Å². The van der Waals surface area contributed by atoms with Crippen molar-refractivity contribution in [1.29, 1.82) is 0 Å². The van der Waals surface area contributed by atoms with Crippen LogP contribution in [0.2, 0.25) is 0 Å². The molecule has 1 aromatic carbocycles. The zero-order valence-electron chi connectivity index (χ0n) is 12.9. The molecule has 0 saturated heterocycles. The highest BCUT2D eigenvalue weighted by Crippen LogP contribution is 2.34. The maximum atomic E-state index is 12.6. The van der Waals surface area contributed by atoms with Crippen molar-refractivity contribution in [3.63, 3.8) is 0 Å². The van der Waals surface area contributed by atoms with Crippen LogP contribution in [-0.4, -0.2) is 21.0 Å². The summed E-state index contributed by atoms with van der Waals surface area (Å²) in [6.07, 6.45) is 5.24. The number of benzene rings is 1. The Morgan fingerprint density at radius 1 is 1.24 bits per heavy atom. The quantitative estimate of drug-likeness (QED) is 0.735. The summed E-state index contributed by atoms with van der Waals surface area (Å²) in [4.78, 5) is 0.354. The van der Waals surface area contributed by atoms with E-state index < -0.39 is 10.0 Å². The number of anilines is 1. The standard InChI is InChI=1S/C16H26N2O2S/c1-3-11-17-15-7-5-6-8-16(15)21(19,20)18-14(4-2)12-13-9-10-13/h5-8,13-14,17-18H,3-4,9-12H2,1-2H3. The van der Waals surface area contributed by atoms with Gasteiger partial charge in [-0.3, -0.25) is 0 Å². The molecule has 1 unspecified atom stereocenters. The SMILES string of the molecule is CCCNc1ccccc1S(=O)(=O)NC(CC)CC1CC1. The van der Waals surface area contributed by atoms with Crippen LogP contribution in [0.3, 0.4) is 0 Å². The number of nitrogens with one attached hydrogen (secondary N) is 2. The van der Waals surface area contributed by atoms with E-state index in [-0.39, 0.29) is 6.04 Å². The second-order valence-corrected chi connectivity index (χ2v) is 7.51. The van der Waals surface area contributed by atoms with Crippen molar-refractivity contribution in [3.8, 4) is 0 Å². The van der Waals surface area contributed by atoms with Gasteiger partial charge in [0.15, 0.2) is 0 Å². The van der Waals surface area contributed by atoms with Gasteiger partial charge in [0.25, 0.3) is 0 Å². The first-order valence-corrected chi connectivity index (χ1v) is 9.40. The van der Waals surface area contributed by atoms with Gasteiger partial charge in [-0.2, -0.15) is 0 Å². The molecule has 21 heavy (non-hydrogen) atoms. The van der Waals surface area contributed by atoms with Gasteiger partial charge in [-0.1, -0.05) is 38.8 Å². The Labute approximate surface area is 128 Å². The van der Waals surface area contributed by atoms with E-state index in [1.807, 2.05) is 19.1 Å². The summed E-state index contributed by atoms with van der Waals surface area (Å²) in [6.45, 7) is 4.87. The normalized spacial score (nSPS) is 16.7. The molecule has 0 aliphatic heterocycles. The van der Waals surface area contributed by atoms with Gasteiger partial charge in [0, 0.05) is 12.6 Å². The maximum absolute atomic E-state index is 12.6. The van der Waals surface area contributed by atoms with Crippen molar-refractivity contribution in [3.05, 3.63) is 24.3 Å². The zero-order valence-corrected chi connectivity index (χ0v) is 13.7. The summed E-state index contributed by atoms with van der Waals surface area (Å²) < 4.78 is 28.2. The fourth-order valence-electron chi connectivity index (χ4n) is 2.44. The molecular weight excluding hydrogens is 284 g/mol. The average molecular weight is 310 g/mol. The summed E-state index contributed by atoms with van der Waals surface area (Å²) >= 11 is 0. The molecule has 5 heteroatoms. The summed E-state index contributed by atoms with van der Waals surface area (Å²) in [5, 5.41) is 3.19. The molecule has 118 valence electrons. The molecule has 2 N–H and O–H groups in total. The van der Waals surface area contributed by atoms with Crippen LogP contribution in [0.1, 0.15) is 46.0 Å². The van der Waals surface area contributed by atoms with Gasteiger partial charge < -0.3 is 5.32 Å². The van der Waals surface area contributed by atoms with Crippen molar-refractivity contribution in [2.45, 2.75) is 56.9 Å². The van der Waals surface area contributed by atoms with E-state index in [9.17, 15) is 8.42 Å². The fourth-order valence-corrected chi connectivity index (χ4v) is 3.96. The smallest absolute Gasteiger partial charge is 0.242 e. The van der Waals surface area contributed by atoms with Gasteiger partial charge in [-0.25, -0.2) is 13.1 Å². The summed E-state index contributed by atoms with van der Waals surface area (Å²) in [6, 6.07) is 7.17. The van der Waals surface area contributed by atoms with Gasteiger partial charge in [0.1, 0.15) is 4.90 Å². The molecule has 0 amide bonds. The maximum Gasteiger partial charge on any atom is 0.242 e. The van der Waals surface area contributed by atoms with Gasteiger partial charge in [-0.15, -0.1) is 0 Å². The monoisotopic (exact) mass is 310 g/mol. The van der Waals surface area contributed by atoms with Crippen LogP contribution in [0.15, 0.2) is 29.2 Å². The predicted octanol–water partition coefficient (Wildman–Crippen LogP) is 3.37. The van der Waals surface area contributed by atoms with Crippen LogP contribution in [-0.2, 0) is 10.0 Å². The first-order valence-electron chi connectivity index (χ1n) is 7.92. The lowest BCUT2D eigenvalue weighted by molar-refractivity contribution is 0.495. The van der Waals surface area contributed by atoms with Crippen molar-refractivity contribution in [2.24, 2.45) is 5.92 Å². The highest BCUT2D eigenvalue weighted by molar-refractivity contribution is 7.89. The van der Waals surface area contributed by atoms with Gasteiger partial charge in [-0.05, 0) is 37.3 Å². The van der Waals surface area contributed by atoms with E-state index in [1.165, 1.54) is 12.8 Å². The Bertz CT molecular complexity index is 553. The molecule has 1 saturated carbocycles. The van der Waals surface area contributed by atoms with Crippen LogP contribution in [0.4, 0.5) is 5.69 Å². The molecule has 1 aromatic rings. The van der Waals surface area contributed by atoms with Crippen LogP contribution < -0.4 is 10.0 Å². The zero-order chi connectivity index (χ0) is 15.3. The highest BCUT2D eigenvalue weighted by Gasteiger charge is 2.28. The highest BCUT2D eigenvalue weighted by atomic mass is 32.2. The first-order chi connectivity index (χ1) is 10.1. The predicted molar refractivity (Wildman–Crippen MR) is 87.0 cm³/mol. The van der Waals surface area contributed by atoms with Crippen LogP contribution >= 0.6 is 0 Å². The lowest BCUT2D eigenvalue weighted by atomic mass is 10.1. The minimum atomic E-state index is -3.46. The van der Waals surface area contributed by atoms with E-state index in [2.05, 4.69) is 17.0 Å². The Hall–Kier alpha value is -1.07. The lowest BCUT2D eigenvalue weighted by Gasteiger charge is -2.18. The Morgan fingerprint density at radius 3 is 2.57 bits per heavy atom. The molecule has 0 radical (unpaired) electrons. The summed E-state index contributed by atoms with van der Waals surface area (Å²) in [5.41, 5.74) is 0.688. The summed E-state index contributed by atoms with van der Waals surface area (Å²) in [7, 11) is -3.46. The molecule has 2 rings (SSSR count).